The van der Waals surface area contributed by atoms with Crippen LogP contribution in [0.5, 0.6) is 11.5 Å². The van der Waals surface area contributed by atoms with Gasteiger partial charge in [-0.3, -0.25) is 9.52 Å². The molecule has 2 aromatic rings. The number of anilines is 1. The van der Waals surface area contributed by atoms with Gasteiger partial charge in [0, 0.05) is 17.8 Å². The summed E-state index contributed by atoms with van der Waals surface area (Å²) in [5.41, 5.74) is 1.13. The SMILES string of the molecule is COc1ccccc1CNC(=O)CS(=O)(=O)Nc1ccc(OC(C)C)cc1. The molecule has 0 aliphatic carbocycles. The maximum atomic E-state index is 12.2. The predicted molar refractivity (Wildman–Crippen MR) is 104 cm³/mol. The first kappa shape index (κ1) is 20.6. The molecule has 2 aromatic carbocycles. The van der Waals surface area contributed by atoms with Crippen molar-refractivity contribution in [2.45, 2.75) is 26.5 Å². The van der Waals surface area contributed by atoms with E-state index < -0.39 is 21.7 Å². The number of carbonyl (C=O) groups is 1. The summed E-state index contributed by atoms with van der Waals surface area (Å²) in [6.07, 6.45) is 0.0273. The van der Waals surface area contributed by atoms with Crippen LogP contribution in [0.1, 0.15) is 19.4 Å². The third-order valence-electron chi connectivity index (χ3n) is 3.49. The van der Waals surface area contributed by atoms with Crippen LogP contribution < -0.4 is 19.5 Å². The van der Waals surface area contributed by atoms with Gasteiger partial charge in [-0.15, -0.1) is 0 Å². The number of amides is 1. The topological polar surface area (TPSA) is 93.7 Å². The fourth-order valence-electron chi connectivity index (χ4n) is 2.36. The average molecular weight is 392 g/mol. The highest BCUT2D eigenvalue weighted by molar-refractivity contribution is 7.93. The molecule has 8 heteroatoms. The van der Waals surface area contributed by atoms with Crippen LogP contribution in [0.3, 0.4) is 0 Å². The lowest BCUT2D eigenvalue weighted by atomic mass is 10.2. The Kier molecular flexibility index (Phi) is 7.06. The van der Waals surface area contributed by atoms with Gasteiger partial charge in [-0.1, -0.05) is 18.2 Å². The molecular weight excluding hydrogens is 368 g/mol. The molecule has 0 aromatic heterocycles. The summed E-state index contributed by atoms with van der Waals surface area (Å²) >= 11 is 0. The van der Waals surface area contributed by atoms with E-state index in [-0.39, 0.29) is 12.6 Å². The second-order valence-electron chi connectivity index (χ2n) is 6.14. The Hall–Kier alpha value is -2.74. The fourth-order valence-corrected chi connectivity index (χ4v) is 3.37. The first-order valence-electron chi connectivity index (χ1n) is 8.45. The number of benzene rings is 2. The minimum absolute atomic E-state index is 0.0273. The van der Waals surface area contributed by atoms with Gasteiger partial charge in [0.2, 0.25) is 15.9 Å². The Morgan fingerprint density at radius 3 is 2.37 bits per heavy atom. The molecule has 0 spiro atoms. The van der Waals surface area contributed by atoms with Crippen molar-refractivity contribution >= 4 is 21.6 Å². The highest BCUT2D eigenvalue weighted by Gasteiger charge is 2.17. The molecule has 0 fully saturated rings. The summed E-state index contributed by atoms with van der Waals surface area (Å²) in [6, 6.07) is 13.7. The van der Waals surface area contributed by atoms with Gasteiger partial charge in [0.25, 0.3) is 0 Å². The number of ether oxygens (including phenoxy) is 2. The third-order valence-corrected chi connectivity index (χ3v) is 4.68. The van der Waals surface area contributed by atoms with Crippen molar-refractivity contribution in [3.8, 4) is 11.5 Å². The van der Waals surface area contributed by atoms with E-state index in [2.05, 4.69) is 10.0 Å². The standard InChI is InChI=1S/C19H24N2O5S/c1-14(2)26-17-10-8-16(9-11-17)21-27(23,24)13-19(22)20-12-15-6-4-5-7-18(15)25-3/h4-11,14,21H,12-13H2,1-3H3,(H,20,22). The van der Waals surface area contributed by atoms with E-state index in [4.69, 9.17) is 9.47 Å². The van der Waals surface area contributed by atoms with Crippen molar-refractivity contribution in [2.24, 2.45) is 0 Å². The third kappa shape index (κ3) is 6.82. The molecule has 0 saturated carbocycles. The van der Waals surface area contributed by atoms with Crippen LogP contribution in [0.2, 0.25) is 0 Å². The number of carbonyl (C=O) groups excluding carboxylic acids is 1. The van der Waals surface area contributed by atoms with Gasteiger partial charge in [-0.25, -0.2) is 8.42 Å². The van der Waals surface area contributed by atoms with Crippen molar-refractivity contribution in [3.63, 3.8) is 0 Å². The van der Waals surface area contributed by atoms with Gasteiger partial charge < -0.3 is 14.8 Å². The Morgan fingerprint density at radius 2 is 1.74 bits per heavy atom. The van der Waals surface area contributed by atoms with Crippen LogP contribution in [0.4, 0.5) is 5.69 Å². The van der Waals surface area contributed by atoms with Crippen molar-refractivity contribution in [3.05, 3.63) is 54.1 Å². The van der Waals surface area contributed by atoms with Crippen molar-refractivity contribution < 1.29 is 22.7 Å². The maximum absolute atomic E-state index is 12.2. The Balaban J connectivity index is 1.90. The van der Waals surface area contributed by atoms with Gasteiger partial charge in [0.15, 0.2) is 0 Å². The molecule has 1 amide bonds. The number of hydrogen-bond donors (Lipinski definition) is 2. The van der Waals surface area contributed by atoms with Crippen molar-refractivity contribution in [1.29, 1.82) is 0 Å². The number of nitrogens with one attached hydrogen (secondary N) is 2. The van der Waals surface area contributed by atoms with Gasteiger partial charge >= 0.3 is 0 Å². The van der Waals surface area contributed by atoms with E-state index >= 15 is 0 Å². The zero-order valence-corrected chi connectivity index (χ0v) is 16.4. The number of para-hydroxylation sites is 1. The Labute approximate surface area is 159 Å². The molecule has 0 bridgehead atoms. The van der Waals surface area contributed by atoms with Crippen LogP contribution in [0.15, 0.2) is 48.5 Å². The molecule has 27 heavy (non-hydrogen) atoms. The summed E-state index contributed by atoms with van der Waals surface area (Å²) in [5.74, 6) is -0.00925. The molecule has 7 nitrogen and oxygen atoms in total. The van der Waals surface area contributed by atoms with Crippen LogP contribution in [0, 0.1) is 0 Å². The van der Waals surface area contributed by atoms with E-state index in [1.165, 1.54) is 7.11 Å². The van der Waals surface area contributed by atoms with E-state index in [0.717, 1.165) is 5.56 Å². The molecule has 0 aliphatic heterocycles. The van der Waals surface area contributed by atoms with Crippen LogP contribution in [-0.4, -0.2) is 33.3 Å². The number of hydrogen-bond acceptors (Lipinski definition) is 5. The quantitative estimate of drug-likeness (QED) is 0.684. The maximum Gasteiger partial charge on any atom is 0.241 e. The first-order chi connectivity index (χ1) is 12.8. The van der Waals surface area contributed by atoms with Crippen LogP contribution in [0.25, 0.3) is 0 Å². The van der Waals surface area contributed by atoms with E-state index in [0.29, 0.717) is 17.2 Å². The minimum Gasteiger partial charge on any atom is -0.496 e. The highest BCUT2D eigenvalue weighted by atomic mass is 32.2. The Morgan fingerprint density at radius 1 is 1.07 bits per heavy atom. The van der Waals surface area contributed by atoms with E-state index in [9.17, 15) is 13.2 Å². The second-order valence-corrected chi connectivity index (χ2v) is 7.86. The zero-order chi connectivity index (χ0) is 19.9. The lowest BCUT2D eigenvalue weighted by Crippen LogP contribution is -2.32. The highest BCUT2D eigenvalue weighted by Crippen LogP contribution is 2.18. The lowest BCUT2D eigenvalue weighted by molar-refractivity contribution is -0.118. The molecule has 0 aliphatic rings. The van der Waals surface area contributed by atoms with Crippen molar-refractivity contribution in [2.75, 3.05) is 17.6 Å². The molecule has 0 radical (unpaired) electrons. The number of rotatable bonds is 9. The fraction of sp³-hybridized carbons (Fsp3) is 0.316. The molecule has 0 unspecified atom stereocenters. The summed E-state index contributed by atoms with van der Waals surface area (Å²) in [6.45, 7) is 3.99. The molecule has 0 atom stereocenters. The first-order valence-corrected chi connectivity index (χ1v) is 10.1. The van der Waals surface area contributed by atoms with Gasteiger partial charge in [-0.05, 0) is 44.2 Å². The normalized spacial score (nSPS) is 11.1. The summed E-state index contributed by atoms with van der Waals surface area (Å²) in [5, 5.41) is 2.59. The monoisotopic (exact) mass is 392 g/mol. The molecule has 0 heterocycles. The molecular formula is C19H24N2O5S. The minimum atomic E-state index is -3.82. The largest absolute Gasteiger partial charge is 0.496 e. The van der Waals surface area contributed by atoms with E-state index in [1.807, 2.05) is 26.0 Å². The van der Waals surface area contributed by atoms with Crippen molar-refractivity contribution in [1.82, 2.24) is 5.32 Å². The molecule has 2 rings (SSSR count). The van der Waals surface area contributed by atoms with E-state index in [1.54, 1.807) is 36.4 Å². The number of methoxy groups -OCH3 is 1. The summed E-state index contributed by atoms with van der Waals surface area (Å²) in [7, 11) is -2.29. The lowest BCUT2D eigenvalue weighted by Gasteiger charge is -2.12. The van der Waals surface area contributed by atoms with Crippen LogP contribution in [-0.2, 0) is 21.4 Å². The second kappa shape index (κ2) is 9.27. The summed E-state index contributed by atoms with van der Waals surface area (Å²) < 4.78 is 37.4. The Bertz CT molecular complexity index is 864. The predicted octanol–water partition coefficient (Wildman–Crippen LogP) is 2.54. The molecule has 2 N–H and O–H groups in total. The molecule has 146 valence electrons. The number of sulfonamides is 1. The van der Waals surface area contributed by atoms with Gasteiger partial charge in [0.1, 0.15) is 17.3 Å². The zero-order valence-electron chi connectivity index (χ0n) is 15.6. The summed E-state index contributed by atoms with van der Waals surface area (Å²) in [4.78, 5) is 12.0. The van der Waals surface area contributed by atoms with Gasteiger partial charge in [0.05, 0.1) is 13.2 Å². The molecule has 0 saturated heterocycles. The van der Waals surface area contributed by atoms with Gasteiger partial charge in [-0.2, -0.15) is 0 Å². The average Bonchev–Trinajstić information content (AvgIpc) is 2.60. The smallest absolute Gasteiger partial charge is 0.241 e. The van der Waals surface area contributed by atoms with Crippen LogP contribution >= 0.6 is 0 Å².